The van der Waals surface area contributed by atoms with Crippen molar-refractivity contribution in [3.63, 3.8) is 0 Å². The Morgan fingerprint density at radius 2 is 2.05 bits per heavy atom. The Bertz CT molecular complexity index is 272. The van der Waals surface area contributed by atoms with Gasteiger partial charge in [0, 0.05) is 31.7 Å². The fourth-order valence-electron chi connectivity index (χ4n) is 2.65. The van der Waals surface area contributed by atoms with Crippen molar-refractivity contribution in [1.29, 1.82) is 0 Å². The lowest BCUT2D eigenvalue weighted by Crippen LogP contribution is -2.39. The summed E-state index contributed by atoms with van der Waals surface area (Å²) in [6.07, 6.45) is 3.77. The van der Waals surface area contributed by atoms with Gasteiger partial charge in [0.25, 0.3) is 0 Å². The molecule has 0 bridgehead atoms. The molecule has 2 rings (SSSR count). The molecule has 2 N–H and O–H groups in total. The van der Waals surface area contributed by atoms with Crippen LogP contribution in [0.2, 0.25) is 0 Å². The molecular weight excluding hydrogens is 256 g/mol. The number of nitrogens with zero attached hydrogens (tertiary/aromatic N) is 1. The highest BCUT2D eigenvalue weighted by molar-refractivity contribution is 4.91. The first-order valence-electron chi connectivity index (χ1n) is 8.00. The molecule has 1 heterocycles. The molecule has 0 radical (unpaired) electrons. The number of hydrogen-bond donors (Lipinski definition) is 2. The van der Waals surface area contributed by atoms with Crippen LogP contribution >= 0.6 is 0 Å². The summed E-state index contributed by atoms with van der Waals surface area (Å²) in [5.41, 5.74) is 0. The molecule has 2 atom stereocenters. The molecule has 0 aromatic heterocycles. The SMILES string of the molecule is CC(C)OCCOCC(O)CNC1CCN(C2CC2)C1. The zero-order chi connectivity index (χ0) is 14.4. The van der Waals surface area contributed by atoms with E-state index in [2.05, 4.69) is 10.2 Å². The summed E-state index contributed by atoms with van der Waals surface area (Å²) >= 11 is 0. The molecule has 1 saturated heterocycles. The van der Waals surface area contributed by atoms with Crippen LogP contribution in [0, 0.1) is 0 Å². The van der Waals surface area contributed by atoms with Gasteiger partial charge in [0.15, 0.2) is 0 Å². The van der Waals surface area contributed by atoms with Gasteiger partial charge in [-0.25, -0.2) is 0 Å². The lowest BCUT2D eigenvalue weighted by molar-refractivity contribution is -0.0104. The van der Waals surface area contributed by atoms with Crippen molar-refractivity contribution in [3.05, 3.63) is 0 Å². The average molecular weight is 286 g/mol. The number of likely N-dealkylation sites (tertiary alicyclic amines) is 1. The van der Waals surface area contributed by atoms with E-state index >= 15 is 0 Å². The first kappa shape index (κ1) is 16.2. The van der Waals surface area contributed by atoms with E-state index in [1.807, 2.05) is 13.8 Å². The van der Waals surface area contributed by atoms with Crippen molar-refractivity contribution >= 4 is 0 Å². The minimum atomic E-state index is -0.427. The Kier molecular flexibility index (Phi) is 6.71. The highest BCUT2D eigenvalue weighted by Gasteiger charge is 2.34. The molecule has 0 amide bonds. The summed E-state index contributed by atoms with van der Waals surface area (Å²) in [5, 5.41) is 13.3. The van der Waals surface area contributed by atoms with Gasteiger partial charge < -0.3 is 19.9 Å². The molecule has 20 heavy (non-hydrogen) atoms. The second-order valence-electron chi connectivity index (χ2n) is 6.27. The largest absolute Gasteiger partial charge is 0.389 e. The van der Waals surface area contributed by atoms with Crippen LogP contribution in [0.15, 0.2) is 0 Å². The van der Waals surface area contributed by atoms with Crippen LogP contribution in [0.3, 0.4) is 0 Å². The second kappa shape index (κ2) is 8.29. The van der Waals surface area contributed by atoms with Crippen LogP contribution in [0.5, 0.6) is 0 Å². The molecule has 0 aromatic rings. The van der Waals surface area contributed by atoms with Crippen molar-refractivity contribution in [2.24, 2.45) is 0 Å². The number of hydrogen-bond acceptors (Lipinski definition) is 5. The summed E-state index contributed by atoms with van der Waals surface area (Å²) in [7, 11) is 0. The maximum atomic E-state index is 9.86. The first-order valence-corrected chi connectivity index (χ1v) is 8.00. The highest BCUT2D eigenvalue weighted by atomic mass is 16.5. The zero-order valence-electron chi connectivity index (χ0n) is 12.9. The van der Waals surface area contributed by atoms with E-state index in [9.17, 15) is 5.11 Å². The summed E-state index contributed by atoms with van der Waals surface area (Å²) in [4.78, 5) is 2.57. The number of rotatable bonds is 10. The van der Waals surface area contributed by atoms with E-state index in [4.69, 9.17) is 9.47 Å². The Morgan fingerprint density at radius 1 is 1.25 bits per heavy atom. The van der Waals surface area contributed by atoms with E-state index in [0.29, 0.717) is 32.4 Å². The predicted molar refractivity (Wildman–Crippen MR) is 78.9 cm³/mol. The first-order chi connectivity index (χ1) is 9.65. The van der Waals surface area contributed by atoms with Gasteiger partial charge in [0.1, 0.15) is 0 Å². The van der Waals surface area contributed by atoms with Crippen LogP contribution < -0.4 is 5.32 Å². The smallest absolute Gasteiger partial charge is 0.0897 e. The van der Waals surface area contributed by atoms with Crippen LogP contribution in [0.25, 0.3) is 0 Å². The lowest BCUT2D eigenvalue weighted by Gasteiger charge is -2.18. The fourth-order valence-corrected chi connectivity index (χ4v) is 2.65. The molecule has 2 unspecified atom stereocenters. The van der Waals surface area contributed by atoms with E-state index in [0.717, 1.165) is 12.6 Å². The summed E-state index contributed by atoms with van der Waals surface area (Å²) in [6.45, 7) is 8.51. The Labute approximate surface area is 122 Å². The molecule has 2 aliphatic rings. The standard InChI is InChI=1S/C15H30N2O3/c1-12(2)20-8-7-19-11-15(18)9-16-13-5-6-17(10-13)14-3-4-14/h12-16,18H,3-11H2,1-2H3. The van der Waals surface area contributed by atoms with Gasteiger partial charge in [0.05, 0.1) is 32.0 Å². The third-order valence-corrected chi connectivity index (χ3v) is 3.91. The van der Waals surface area contributed by atoms with Crippen LogP contribution in [-0.2, 0) is 9.47 Å². The third-order valence-electron chi connectivity index (χ3n) is 3.91. The summed E-state index contributed by atoms with van der Waals surface area (Å²) in [5.74, 6) is 0. The van der Waals surface area contributed by atoms with E-state index < -0.39 is 6.10 Å². The Balaban J connectivity index is 1.44. The van der Waals surface area contributed by atoms with Gasteiger partial charge >= 0.3 is 0 Å². The van der Waals surface area contributed by atoms with Gasteiger partial charge in [-0.3, -0.25) is 4.90 Å². The number of ether oxygens (including phenoxy) is 2. The number of nitrogens with one attached hydrogen (secondary N) is 1. The topological polar surface area (TPSA) is 54.0 Å². The van der Waals surface area contributed by atoms with Crippen molar-refractivity contribution in [2.45, 2.75) is 57.4 Å². The molecule has 2 fully saturated rings. The highest BCUT2D eigenvalue weighted by Crippen LogP contribution is 2.29. The summed E-state index contributed by atoms with van der Waals surface area (Å²) in [6, 6.07) is 1.39. The molecular formula is C15H30N2O3. The molecule has 0 aromatic carbocycles. The maximum absolute atomic E-state index is 9.86. The van der Waals surface area contributed by atoms with Gasteiger partial charge in [-0.15, -0.1) is 0 Å². The lowest BCUT2D eigenvalue weighted by atomic mass is 10.2. The number of aliphatic hydroxyl groups is 1. The predicted octanol–water partition coefficient (Wildman–Crippen LogP) is 0.615. The normalized spacial score (nSPS) is 25.5. The van der Waals surface area contributed by atoms with Crippen molar-refractivity contribution in [2.75, 3.05) is 39.5 Å². The van der Waals surface area contributed by atoms with Crippen molar-refractivity contribution in [1.82, 2.24) is 10.2 Å². The molecule has 5 heteroatoms. The van der Waals surface area contributed by atoms with Crippen LogP contribution in [0.1, 0.15) is 33.1 Å². The van der Waals surface area contributed by atoms with Gasteiger partial charge in [0.2, 0.25) is 0 Å². The van der Waals surface area contributed by atoms with Crippen LogP contribution in [-0.4, -0.2) is 73.8 Å². The zero-order valence-corrected chi connectivity index (χ0v) is 12.9. The Morgan fingerprint density at radius 3 is 2.75 bits per heavy atom. The molecule has 1 aliphatic carbocycles. The molecule has 1 aliphatic heterocycles. The Hall–Kier alpha value is -0.200. The van der Waals surface area contributed by atoms with E-state index in [1.165, 1.54) is 25.8 Å². The quantitative estimate of drug-likeness (QED) is 0.577. The van der Waals surface area contributed by atoms with E-state index in [-0.39, 0.29) is 6.10 Å². The van der Waals surface area contributed by atoms with Crippen molar-refractivity contribution in [3.8, 4) is 0 Å². The monoisotopic (exact) mass is 286 g/mol. The van der Waals surface area contributed by atoms with Gasteiger partial charge in [-0.05, 0) is 33.1 Å². The maximum Gasteiger partial charge on any atom is 0.0897 e. The molecule has 118 valence electrons. The van der Waals surface area contributed by atoms with E-state index in [1.54, 1.807) is 0 Å². The fraction of sp³-hybridized carbons (Fsp3) is 1.00. The molecule has 5 nitrogen and oxygen atoms in total. The molecule has 0 spiro atoms. The number of aliphatic hydroxyl groups excluding tert-OH is 1. The van der Waals surface area contributed by atoms with Crippen molar-refractivity contribution < 1.29 is 14.6 Å². The van der Waals surface area contributed by atoms with Crippen LogP contribution in [0.4, 0.5) is 0 Å². The molecule has 1 saturated carbocycles. The minimum absolute atomic E-state index is 0.238. The second-order valence-corrected chi connectivity index (χ2v) is 6.27. The summed E-state index contributed by atoms with van der Waals surface area (Å²) < 4.78 is 10.8. The minimum Gasteiger partial charge on any atom is -0.389 e. The third kappa shape index (κ3) is 6.06. The average Bonchev–Trinajstić information content (AvgIpc) is 3.15. The van der Waals surface area contributed by atoms with Gasteiger partial charge in [-0.2, -0.15) is 0 Å². The van der Waals surface area contributed by atoms with Gasteiger partial charge in [-0.1, -0.05) is 0 Å².